The van der Waals surface area contributed by atoms with Gasteiger partial charge in [0, 0.05) is 24.8 Å². The molecule has 100 valence electrons. The van der Waals surface area contributed by atoms with Crippen LogP contribution in [-0.2, 0) is 4.74 Å². The van der Waals surface area contributed by atoms with Crippen molar-refractivity contribution in [2.24, 2.45) is 5.92 Å². The summed E-state index contributed by atoms with van der Waals surface area (Å²) < 4.78 is 11.0. The Morgan fingerprint density at radius 3 is 2.83 bits per heavy atom. The van der Waals surface area contributed by atoms with Crippen LogP contribution in [0.2, 0.25) is 0 Å². The summed E-state index contributed by atoms with van der Waals surface area (Å²) >= 11 is 0. The third-order valence-corrected chi connectivity index (χ3v) is 3.35. The van der Waals surface area contributed by atoms with Gasteiger partial charge in [0.05, 0.1) is 13.7 Å². The highest BCUT2D eigenvalue weighted by Crippen LogP contribution is 2.28. The number of para-hydroxylation sites is 1. The van der Waals surface area contributed by atoms with Crippen molar-refractivity contribution < 1.29 is 9.47 Å². The van der Waals surface area contributed by atoms with Crippen molar-refractivity contribution >= 4 is 0 Å². The molecule has 1 aliphatic carbocycles. The van der Waals surface area contributed by atoms with E-state index < -0.39 is 0 Å². The van der Waals surface area contributed by atoms with Gasteiger partial charge in [-0.2, -0.15) is 0 Å². The Labute approximate surface area is 109 Å². The lowest BCUT2D eigenvalue weighted by atomic mass is 10.1. The van der Waals surface area contributed by atoms with Crippen LogP contribution >= 0.6 is 0 Å². The van der Waals surface area contributed by atoms with Crippen LogP contribution in [0.3, 0.4) is 0 Å². The minimum absolute atomic E-state index is 0.283. The first-order valence-corrected chi connectivity index (χ1v) is 6.75. The average molecular weight is 249 g/mol. The van der Waals surface area contributed by atoms with E-state index >= 15 is 0 Å². The van der Waals surface area contributed by atoms with E-state index in [-0.39, 0.29) is 6.04 Å². The summed E-state index contributed by atoms with van der Waals surface area (Å²) in [5.74, 6) is 1.79. The predicted molar refractivity (Wildman–Crippen MR) is 73.0 cm³/mol. The van der Waals surface area contributed by atoms with E-state index in [0.717, 1.165) is 31.4 Å². The number of hydrogen-bond donors (Lipinski definition) is 1. The average Bonchev–Trinajstić information content (AvgIpc) is 3.22. The van der Waals surface area contributed by atoms with Crippen LogP contribution in [0, 0.1) is 5.92 Å². The molecule has 0 amide bonds. The Kier molecular flexibility index (Phi) is 5.02. The quantitative estimate of drug-likeness (QED) is 0.719. The van der Waals surface area contributed by atoms with Gasteiger partial charge < -0.3 is 14.8 Å². The van der Waals surface area contributed by atoms with Crippen LogP contribution in [0.25, 0.3) is 0 Å². The zero-order valence-corrected chi connectivity index (χ0v) is 11.3. The lowest BCUT2D eigenvalue weighted by Crippen LogP contribution is -2.24. The van der Waals surface area contributed by atoms with E-state index in [1.54, 1.807) is 7.11 Å². The van der Waals surface area contributed by atoms with Gasteiger partial charge in [0.1, 0.15) is 5.75 Å². The maximum Gasteiger partial charge on any atom is 0.123 e. The molecule has 1 unspecified atom stereocenters. The van der Waals surface area contributed by atoms with E-state index in [1.165, 1.54) is 18.4 Å². The fourth-order valence-corrected chi connectivity index (χ4v) is 2.02. The van der Waals surface area contributed by atoms with Crippen LogP contribution in [0.1, 0.15) is 31.4 Å². The first-order chi connectivity index (χ1) is 8.81. The van der Waals surface area contributed by atoms with Gasteiger partial charge in [-0.25, -0.2) is 0 Å². The summed E-state index contributed by atoms with van der Waals surface area (Å²) in [6.45, 7) is 4.76. The molecule has 1 aliphatic rings. The molecule has 1 N–H and O–H groups in total. The van der Waals surface area contributed by atoms with Gasteiger partial charge in [0.15, 0.2) is 0 Å². The van der Waals surface area contributed by atoms with Crippen LogP contribution in [0.5, 0.6) is 5.75 Å². The summed E-state index contributed by atoms with van der Waals surface area (Å²) in [6, 6.07) is 8.41. The Hall–Kier alpha value is -1.06. The molecule has 0 spiro atoms. The van der Waals surface area contributed by atoms with Crippen molar-refractivity contribution in [2.45, 2.75) is 25.8 Å². The fraction of sp³-hybridized carbons (Fsp3) is 0.600. The number of methoxy groups -OCH3 is 1. The van der Waals surface area contributed by atoms with Gasteiger partial charge in [-0.15, -0.1) is 0 Å². The molecular weight excluding hydrogens is 226 g/mol. The number of nitrogens with one attached hydrogen (secondary N) is 1. The third kappa shape index (κ3) is 4.00. The Morgan fingerprint density at radius 2 is 2.11 bits per heavy atom. The molecule has 2 rings (SSSR count). The molecule has 0 aliphatic heterocycles. The van der Waals surface area contributed by atoms with E-state index in [1.807, 2.05) is 18.2 Å². The normalized spacial score (nSPS) is 16.6. The molecule has 1 fully saturated rings. The van der Waals surface area contributed by atoms with Crippen molar-refractivity contribution in [3.63, 3.8) is 0 Å². The van der Waals surface area contributed by atoms with E-state index in [0.29, 0.717) is 0 Å². The maximum absolute atomic E-state index is 5.61. The van der Waals surface area contributed by atoms with Crippen LogP contribution in [0.4, 0.5) is 0 Å². The predicted octanol–water partition coefficient (Wildman–Crippen LogP) is 2.77. The maximum atomic E-state index is 5.61. The molecule has 18 heavy (non-hydrogen) atoms. The van der Waals surface area contributed by atoms with Crippen LogP contribution in [-0.4, -0.2) is 26.9 Å². The van der Waals surface area contributed by atoms with Crippen molar-refractivity contribution in [3.05, 3.63) is 29.8 Å². The first kappa shape index (κ1) is 13.4. The highest BCUT2D eigenvalue weighted by molar-refractivity contribution is 5.35. The summed E-state index contributed by atoms with van der Waals surface area (Å²) in [7, 11) is 1.71. The second kappa shape index (κ2) is 6.76. The fourth-order valence-electron chi connectivity index (χ4n) is 2.02. The SMILES string of the molecule is COc1ccccc1C(C)NCCOCC1CC1. The highest BCUT2D eigenvalue weighted by atomic mass is 16.5. The van der Waals surface area contributed by atoms with E-state index in [9.17, 15) is 0 Å². The molecule has 3 heteroatoms. The van der Waals surface area contributed by atoms with Gasteiger partial charge in [0.25, 0.3) is 0 Å². The zero-order valence-electron chi connectivity index (χ0n) is 11.3. The Bertz CT molecular complexity index is 363. The molecule has 0 bridgehead atoms. The molecular formula is C15H23NO2. The van der Waals surface area contributed by atoms with Gasteiger partial charge >= 0.3 is 0 Å². The van der Waals surface area contributed by atoms with E-state index in [4.69, 9.17) is 9.47 Å². The standard InChI is InChI=1S/C15H23NO2/c1-12(14-5-3-4-6-15(14)17-2)16-9-10-18-11-13-7-8-13/h3-6,12-13,16H,7-11H2,1-2H3. The first-order valence-electron chi connectivity index (χ1n) is 6.75. The summed E-state index contributed by atoms with van der Waals surface area (Å²) in [5, 5.41) is 3.46. The third-order valence-electron chi connectivity index (χ3n) is 3.35. The molecule has 1 atom stereocenters. The smallest absolute Gasteiger partial charge is 0.123 e. The minimum atomic E-state index is 0.283. The van der Waals surface area contributed by atoms with Gasteiger partial charge in [-0.1, -0.05) is 18.2 Å². The van der Waals surface area contributed by atoms with Crippen LogP contribution < -0.4 is 10.1 Å². The highest BCUT2D eigenvalue weighted by Gasteiger charge is 2.20. The largest absolute Gasteiger partial charge is 0.496 e. The Balaban J connectivity index is 1.70. The zero-order chi connectivity index (χ0) is 12.8. The van der Waals surface area contributed by atoms with E-state index in [2.05, 4.69) is 18.3 Å². The molecule has 0 aromatic heterocycles. The summed E-state index contributed by atoms with van der Waals surface area (Å²) in [4.78, 5) is 0. The molecule has 3 nitrogen and oxygen atoms in total. The molecule has 0 saturated heterocycles. The van der Waals surface area contributed by atoms with Gasteiger partial charge in [-0.3, -0.25) is 0 Å². The second-order valence-electron chi connectivity index (χ2n) is 4.94. The van der Waals surface area contributed by atoms with Crippen molar-refractivity contribution in [2.75, 3.05) is 26.9 Å². The summed E-state index contributed by atoms with van der Waals surface area (Å²) in [5.41, 5.74) is 1.20. The number of rotatable bonds is 8. The van der Waals surface area contributed by atoms with Crippen molar-refractivity contribution in [3.8, 4) is 5.75 Å². The topological polar surface area (TPSA) is 30.5 Å². The number of ether oxygens (including phenoxy) is 2. The van der Waals surface area contributed by atoms with Crippen molar-refractivity contribution in [1.82, 2.24) is 5.32 Å². The lowest BCUT2D eigenvalue weighted by molar-refractivity contribution is 0.124. The van der Waals surface area contributed by atoms with Crippen LogP contribution in [0.15, 0.2) is 24.3 Å². The Morgan fingerprint density at radius 1 is 1.33 bits per heavy atom. The summed E-state index contributed by atoms with van der Waals surface area (Å²) in [6.07, 6.45) is 2.70. The van der Waals surface area contributed by atoms with Crippen molar-refractivity contribution in [1.29, 1.82) is 0 Å². The number of hydrogen-bond acceptors (Lipinski definition) is 3. The van der Waals surface area contributed by atoms with Gasteiger partial charge in [0.2, 0.25) is 0 Å². The number of benzene rings is 1. The monoisotopic (exact) mass is 249 g/mol. The lowest BCUT2D eigenvalue weighted by Gasteiger charge is -2.17. The molecule has 0 radical (unpaired) electrons. The molecule has 1 aromatic carbocycles. The minimum Gasteiger partial charge on any atom is -0.496 e. The molecule has 1 saturated carbocycles. The molecule has 0 heterocycles. The molecule has 1 aromatic rings. The second-order valence-corrected chi connectivity index (χ2v) is 4.94. The van der Waals surface area contributed by atoms with Gasteiger partial charge in [-0.05, 0) is 31.7 Å².